The molecule has 0 amide bonds. The van der Waals surface area contributed by atoms with Gasteiger partial charge in [-0.3, -0.25) is 9.48 Å². The van der Waals surface area contributed by atoms with Crippen LogP contribution in [0.2, 0.25) is 0 Å². The summed E-state index contributed by atoms with van der Waals surface area (Å²) in [5.74, 6) is -0.882. The zero-order valence-corrected chi connectivity index (χ0v) is 18.1. The van der Waals surface area contributed by atoms with Gasteiger partial charge in [-0.1, -0.05) is 0 Å². The van der Waals surface area contributed by atoms with Crippen LogP contribution in [-0.4, -0.2) is 39.9 Å². The lowest BCUT2D eigenvalue weighted by Gasteiger charge is -2.12. The van der Waals surface area contributed by atoms with Gasteiger partial charge in [0, 0.05) is 18.8 Å². The second-order valence-electron chi connectivity index (χ2n) is 6.88. The Labute approximate surface area is 183 Å². The molecule has 170 valence electrons. The van der Waals surface area contributed by atoms with Gasteiger partial charge in [0.25, 0.3) is 0 Å². The van der Waals surface area contributed by atoms with Gasteiger partial charge in [0.2, 0.25) is 5.95 Å². The van der Waals surface area contributed by atoms with Crippen LogP contribution in [0.3, 0.4) is 0 Å². The van der Waals surface area contributed by atoms with Crippen LogP contribution < -0.4 is 14.8 Å². The number of aryl methyl sites for hydroxylation is 3. The monoisotopic (exact) mass is 447 g/mol. The Morgan fingerprint density at radius 2 is 1.88 bits per heavy atom. The minimum atomic E-state index is -0.812. The van der Waals surface area contributed by atoms with Crippen molar-refractivity contribution in [2.45, 2.75) is 26.4 Å². The van der Waals surface area contributed by atoms with E-state index in [1.165, 1.54) is 39.6 Å². The predicted molar refractivity (Wildman–Crippen MR) is 111 cm³/mol. The Hall–Kier alpha value is -3.76. The van der Waals surface area contributed by atoms with E-state index in [1.54, 1.807) is 17.8 Å². The highest BCUT2D eigenvalue weighted by molar-refractivity contribution is 5.69. The van der Waals surface area contributed by atoms with Gasteiger partial charge in [-0.25, -0.2) is 18.7 Å². The highest BCUT2D eigenvalue weighted by atomic mass is 19.1. The Bertz CT molecular complexity index is 1100. The molecule has 0 atom stereocenters. The number of methoxy groups -OCH3 is 2. The quantitative estimate of drug-likeness (QED) is 0.499. The highest BCUT2D eigenvalue weighted by Crippen LogP contribution is 2.27. The number of carbonyl (C=O) groups excluding carboxylic acids is 1. The fourth-order valence-corrected chi connectivity index (χ4v) is 2.94. The van der Waals surface area contributed by atoms with Crippen molar-refractivity contribution in [2.75, 3.05) is 19.5 Å². The van der Waals surface area contributed by atoms with Crippen molar-refractivity contribution in [1.82, 2.24) is 19.7 Å². The molecule has 2 aromatic heterocycles. The molecule has 3 aromatic rings. The molecule has 0 aliphatic rings. The van der Waals surface area contributed by atoms with Crippen LogP contribution in [0.5, 0.6) is 11.5 Å². The van der Waals surface area contributed by atoms with Gasteiger partial charge < -0.3 is 19.5 Å². The van der Waals surface area contributed by atoms with Crippen molar-refractivity contribution in [1.29, 1.82) is 0 Å². The summed E-state index contributed by atoms with van der Waals surface area (Å²) < 4.78 is 45.3. The smallest absolute Gasteiger partial charge is 0.305 e. The van der Waals surface area contributed by atoms with Crippen LogP contribution in [0, 0.1) is 18.6 Å². The zero-order valence-electron chi connectivity index (χ0n) is 18.1. The summed E-state index contributed by atoms with van der Waals surface area (Å²) in [4.78, 5) is 19.6. The Morgan fingerprint density at radius 3 is 2.53 bits per heavy atom. The van der Waals surface area contributed by atoms with Gasteiger partial charge in [-0.15, -0.1) is 0 Å². The standard InChI is InChI=1S/C21H23F2N5O4/c1-12-7-16(30-3)20(23)15(19(12)22)11-32-14-9-24-21(25-10-14)26-17-8-13(28(2)27-17)5-6-18(29)31-4/h7-10H,5-6,11H2,1-4H3,(H,24,25,26,27). The molecule has 0 fully saturated rings. The molecule has 0 aliphatic carbocycles. The predicted octanol–water partition coefficient (Wildman–Crippen LogP) is 3.23. The molecule has 0 saturated carbocycles. The Kier molecular flexibility index (Phi) is 7.18. The van der Waals surface area contributed by atoms with Crippen LogP contribution in [0.4, 0.5) is 20.5 Å². The van der Waals surface area contributed by atoms with Gasteiger partial charge in [-0.2, -0.15) is 5.10 Å². The normalized spacial score (nSPS) is 10.7. The number of benzene rings is 1. The van der Waals surface area contributed by atoms with Crippen molar-refractivity contribution >= 4 is 17.7 Å². The number of hydrogen-bond acceptors (Lipinski definition) is 8. The molecule has 0 unspecified atom stereocenters. The van der Waals surface area contributed by atoms with Gasteiger partial charge in [0.15, 0.2) is 23.1 Å². The minimum absolute atomic E-state index is 0.0559. The van der Waals surface area contributed by atoms with Crippen LogP contribution in [0.1, 0.15) is 23.2 Å². The number of halogens is 2. The summed E-state index contributed by atoms with van der Waals surface area (Å²) in [6, 6.07) is 3.06. The molecule has 2 heterocycles. The first kappa shape index (κ1) is 22.9. The maximum atomic E-state index is 14.4. The molecule has 11 heteroatoms. The first-order valence-electron chi connectivity index (χ1n) is 9.65. The molecule has 9 nitrogen and oxygen atoms in total. The summed E-state index contributed by atoms with van der Waals surface area (Å²) in [6.07, 6.45) is 3.47. The molecular formula is C21H23F2N5O4. The number of carbonyl (C=O) groups is 1. The number of aromatic nitrogens is 4. The lowest BCUT2D eigenvalue weighted by atomic mass is 10.1. The average Bonchev–Trinajstić information content (AvgIpc) is 3.14. The largest absolute Gasteiger partial charge is 0.494 e. The van der Waals surface area contributed by atoms with E-state index in [0.717, 1.165) is 5.69 Å². The number of esters is 1. The number of anilines is 2. The Balaban J connectivity index is 1.63. The van der Waals surface area contributed by atoms with Crippen molar-refractivity contribution in [3.05, 3.63) is 53.0 Å². The number of ether oxygens (including phenoxy) is 3. The van der Waals surface area contributed by atoms with Crippen LogP contribution in [0.25, 0.3) is 0 Å². The van der Waals surface area contributed by atoms with Crippen molar-refractivity contribution < 1.29 is 27.8 Å². The van der Waals surface area contributed by atoms with E-state index in [2.05, 4.69) is 25.1 Å². The van der Waals surface area contributed by atoms with Crippen LogP contribution in [0.15, 0.2) is 24.5 Å². The minimum Gasteiger partial charge on any atom is -0.494 e. The first-order chi connectivity index (χ1) is 15.3. The molecular weight excluding hydrogens is 424 g/mol. The van der Waals surface area contributed by atoms with E-state index in [-0.39, 0.29) is 47.6 Å². The third kappa shape index (κ3) is 5.29. The molecule has 0 aliphatic heterocycles. The molecule has 1 N–H and O–H groups in total. The van der Waals surface area contributed by atoms with E-state index in [9.17, 15) is 13.6 Å². The Morgan fingerprint density at radius 1 is 1.16 bits per heavy atom. The highest BCUT2D eigenvalue weighted by Gasteiger charge is 2.18. The van der Waals surface area contributed by atoms with Gasteiger partial charge in [0.05, 0.1) is 38.6 Å². The number of nitrogens with zero attached hydrogens (tertiary/aromatic N) is 4. The summed E-state index contributed by atoms with van der Waals surface area (Å²) in [7, 11) is 4.41. The van der Waals surface area contributed by atoms with Crippen LogP contribution in [-0.2, 0) is 29.6 Å². The number of hydrogen-bond donors (Lipinski definition) is 1. The fourth-order valence-electron chi connectivity index (χ4n) is 2.94. The SMILES string of the molecule is COC(=O)CCc1cc(Nc2ncc(OCc3c(F)c(C)cc(OC)c3F)cn2)nn1C. The maximum Gasteiger partial charge on any atom is 0.305 e. The molecule has 32 heavy (non-hydrogen) atoms. The van der Waals surface area contributed by atoms with Crippen LogP contribution >= 0.6 is 0 Å². The number of rotatable bonds is 9. The molecule has 0 spiro atoms. The first-order valence-corrected chi connectivity index (χ1v) is 9.65. The summed E-state index contributed by atoms with van der Waals surface area (Å²) in [5.41, 5.74) is 0.839. The van der Waals surface area contributed by atoms with Gasteiger partial charge >= 0.3 is 5.97 Å². The van der Waals surface area contributed by atoms with E-state index >= 15 is 0 Å². The van der Waals surface area contributed by atoms with Crippen molar-refractivity contribution in [3.63, 3.8) is 0 Å². The molecule has 0 radical (unpaired) electrons. The van der Waals surface area contributed by atoms with Gasteiger partial charge in [0.1, 0.15) is 12.4 Å². The topological polar surface area (TPSA) is 100 Å². The number of nitrogens with one attached hydrogen (secondary N) is 1. The second-order valence-corrected chi connectivity index (χ2v) is 6.88. The molecule has 0 bridgehead atoms. The average molecular weight is 447 g/mol. The van der Waals surface area contributed by atoms with E-state index < -0.39 is 11.6 Å². The van der Waals surface area contributed by atoms with E-state index in [1.807, 2.05) is 0 Å². The van der Waals surface area contributed by atoms with Crippen molar-refractivity contribution in [3.8, 4) is 11.5 Å². The maximum absolute atomic E-state index is 14.4. The summed E-state index contributed by atoms with van der Waals surface area (Å²) >= 11 is 0. The third-order valence-electron chi connectivity index (χ3n) is 4.70. The van der Waals surface area contributed by atoms with Crippen molar-refractivity contribution in [2.24, 2.45) is 7.05 Å². The van der Waals surface area contributed by atoms with E-state index in [0.29, 0.717) is 12.2 Å². The zero-order chi connectivity index (χ0) is 23.3. The summed E-state index contributed by atoms with van der Waals surface area (Å²) in [5, 5.41) is 7.25. The summed E-state index contributed by atoms with van der Waals surface area (Å²) in [6.45, 7) is 1.17. The van der Waals surface area contributed by atoms with Gasteiger partial charge in [-0.05, 0) is 25.0 Å². The molecule has 1 aromatic carbocycles. The lowest BCUT2D eigenvalue weighted by molar-refractivity contribution is -0.140. The lowest BCUT2D eigenvalue weighted by Crippen LogP contribution is -2.06. The molecule has 0 saturated heterocycles. The second kappa shape index (κ2) is 10.0. The fraction of sp³-hybridized carbons (Fsp3) is 0.333. The third-order valence-corrected chi connectivity index (χ3v) is 4.70. The van der Waals surface area contributed by atoms with E-state index in [4.69, 9.17) is 9.47 Å². The molecule has 3 rings (SSSR count).